The zero-order valence-electron chi connectivity index (χ0n) is 23.8. The van der Waals surface area contributed by atoms with E-state index in [1.54, 1.807) is 12.4 Å². The molecule has 2 aromatic rings. The van der Waals surface area contributed by atoms with Gasteiger partial charge in [-0.2, -0.15) is 0 Å². The van der Waals surface area contributed by atoms with Crippen LogP contribution in [-0.2, 0) is 4.74 Å². The smallest absolute Gasteiger partial charge is 0.340 e. The van der Waals surface area contributed by atoms with Crippen LogP contribution in [0.1, 0.15) is 127 Å². The van der Waals surface area contributed by atoms with Crippen molar-refractivity contribution in [2.45, 2.75) is 117 Å². The molecule has 0 N–H and O–H groups in total. The van der Waals surface area contributed by atoms with E-state index < -0.39 is 0 Å². The second-order valence-corrected chi connectivity index (χ2v) is 10.5. The molecule has 0 saturated carbocycles. The lowest BCUT2D eigenvalue weighted by molar-refractivity contribution is 0.0443. The summed E-state index contributed by atoms with van der Waals surface area (Å²) in [5, 5.41) is 0. The van der Waals surface area contributed by atoms with Crippen LogP contribution in [0.2, 0.25) is 0 Å². The molecule has 0 aliphatic rings. The largest absolute Gasteiger partial charge is 0.493 e. The maximum absolute atomic E-state index is 13.0. The van der Waals surface area contributed by atoms with Crippen LogP contribution in [-0.4, -0.2) is 24.2 Å². The number of unbranched alkanes of at least 4 members (excludes halogenated alkanes) is 12. The van der Waals surface area contributed by atoms with E-state index in [0.29, 0.717) is 24.7 Å². The second-order valence-electron chi connectivity index (χ2n) is 10.5. The summed E-state index contributed by atoms with van der Waals surface area (Å²) in [5.41, 5.74) is 2.22. The van der Waals surface area contributed by atoms with Crippen LogP contribution in [0.15, 0.2) is 42.7 Å². The summed E-state index contributed by atoms with van der Waals surface area (Å²) in [6.07, 6.45) is 22.4. The van der Waals surface area contributed by atoms with Gasteiger partial charge in [0, 0.05) is 23.5 Å². The fourth-order valence-electron chi connectivity index (χ4n) is 4.68. The van der Waals surface area contributed by atoms with Gasteiger partial charge in [0.05, 0.1) is 18.8 Å². The number of carbonyl (C=O) groups excluding carboxylic acids is 1. The van der Waals surface area contributed by atoms with Crippen molar-refractivity contribution >= 4 is 5.97 Å². The Morgan fingerprint density at radius 2 is 1.41 bits per heavy atom. The maximum atomic E-state index is 13.0. The van der Waals surface area contributed by atoms with E-state index >= 15 is 0 Å². The molecule has 0 saturated heterocycles. The fourth-order valence-corrected chi connectivity index (χ4v) is 4.68. The molecule has 4 heteroatoms. The third-order valence-electron chi connectivity index (χ3n) is 7.02. The van der Waals surface area contributed by atoms with Gasteiger partial charge in [0.15, 0.2) is 0 Å². The van der Waals surface area contributed by atoms with Gasteiger partial charge in [-0.1, -0.05) is 122 Å². The summed E-state index contributed by atoms with van der Waals surface area (Å²) >= 11 is 0. The highest BCUT2D eigenvalue weighted by Crippen LogP contribution is 2.32. The van der Waals surface area contributed by atoms with E-state index in [4.69, 9.17) is 9.47 Å². The molecule has 37 heavy (non-hydrogen) atoms. The van der Waals surface area contributed by atoms with Crippen LogP contribution in [0.3, 0.4) is 0 Å². The summed E-state index contributed by atoms with van der Waals surface area (Å²) in [6, 6.07) is 9.84. The number of esters is 1. The van der Waals surface area contributed by atoms with E-state index in [0.717, 1.165) is 29.7 Å². The van der Waals surface area contributed by atoms with Gasteiger partial charge in [0.25, 0.3) is 0 Å². The molecule has 1 heterocycles. The minimum absolute atomic E-state index is 0.312. The number of para-hydroxylation sites is 1. The highest BCUT2D eigenvalue weighted by atomic mass is 16.5. The highest BCUT2D eigenvalue weighted by molar-refractivity contribution is 5.97. The normalized spacial score (nSPS) is 11.9. The van der Waals surface area contributed by atoms with Crippen LogP contribution >= 0.6 is 0 Å². The average Bonchev–Trinajstić information content (AvgIpc) is 2.93. The molecule has 2 rings (SSSR count). The molecule has 0 spiro atoms. The first kappa shape index (κ1) is 30.9. The van der Waals surface area contributed by atoms with Crippen molar-refractivity contribution in [2.75, 3.05) is 13.2 Å². The molecule has 1 aromatic carbocycles. The van der Waals surface area contributed by atoms with Gasteiger partial charge in [0.2, 0.25) is 0 Å². The van der Waals surface area contributed by atoms with Crippen LogP contribution in [0.5, 0.6) is 5.75 Å². The molecular weight excluding hydrogens is 458 g/mol. The van der Waals surface area contributed by atoms with E-state index in [-0.39, 0.29) is 5.97 Å². The summed E-state index contributed by atoms with van der Waals surface area (Å²) in [4.78, 5) is 17.2. The number of rotatable bonds is 21. The van der Waals surface area contributed by atoms with Crippen LogP contribution < -0.4 is 4.74 Å². The lowest BCUT2D eigenvalue weighted by Crippen LogP contribution is -2.13. The Labute approximate surface area is 226 Å². The number of aromatic nitrogens is 1. The van der Waals surface area contributed by atoms with Crippen molar-refractivity contribution in [1.29, 1.82) is 0 Å². The Morgan fingerprint density at radius 1 is 0.784 bits per heavy atom. The summed E-state index contributed by atoms with van der Waals surface area (Å²) in [7, 11) is 0. The van der Waals surface area contributed by atoms with Gasteiger partial charge in [-0.05, 0) is 30.9 Å². The number of pyridine rings is 1. The Balaban J connectivity index is 1.83. The first-order valence-electron chi connectivity index (χ1n) is 15.0. The zero-order chi connectivity index (χ0) is 26.6. The quantitative estimate of drug-likeness (QED) is 0.124. The molecular formula is C33H51NO3. The first-order valence-corrected chi connectivity index (χ1v) is 15.0. The second kappa shape index (κ2) is 19.7. The highest BCUT2D eigenvalue weighted by Gasteiger charge is 2.18. The van der Waals surface area contributed by atoms with Crippen LogP contribution in [0, 0.1) is 5.92 Å². The molecule has 0 fully saturated rings. The molecule has 0 aliphatic heterocycles. The van der Waals surface area contributed by atoms with Crippen molar-refractivity contribution in [3.05, 3.63) is 48.3 Å². The Kier molecular flexibility index (Phi) is 16.4. The number of carbonyl (C=O) groups is 1. The molecule has 1 unspecified atom stereocenters. The molecule has 1 atom stereocenters. The Hall–Kier alpha value is -2.36. The lowest BCUT2D eigenvalue weighted by Gasteiger charge is -2.15. The maximum Gasteiger partial charge on any atom is 0.340 e. The minimum Gasteiger partial charge on any atom is -0.493 e. The van der Waals surface area contributed by atoms with Gasteiger partial charge in [-0.15, -0.1) is 0 Å². The van der Waals surface area contributed by atoms with Gasteiger partial charge in [0.1, 0.15) is 5.75 Å². The third kappa shape index (κ3) is 12.6. The van der Waals surface area contributed by atoms with Gasteiger partial charge < -0.3 is 9.47 Å². The van der Waals surface area contributed by atoms with Gasteiger partial charge >= 0.3 is 5.97 Å². The number of hydrogen-bond acceptors (Lipinski definition) is 4. The predicted octanol–water partition coefficient (Wildman–Crippen LogP) is 9.81. The standard InChI is InChI=1S/C33H51NO3/c1-4-6-8-10-11-12-13-14-15-19-25-36-32-22-18-17-21-30(32)29-23-24-34-26-31(29)33(35)37-27-28(3)20-16-9-7-5-2/h17-18,21-24,26,28H,4-16,19-20,25,27H2,1-3H3. The summed E-state index contributed by atoms with van der Waals surface area (Å²) in [5.74, 6) is 0.855. The van der Waals surface area contributed by atoms with Crippen LogP contribution in [0.25, 0.3) is 11.1 Å². The van der Waals surface area contributed by atoms with Crippen molar-refractivity contribution < 1.29 is 14.3 Å². The van der Waals surface area contributed by atoms with Crippen molar-refractivity contribution in [3.63, 3.8) is 0 Å². The van der Waals surface area contributed by atoms with Crippen molar-refractivity contribution in [2.24, 2.45) is 5.92 Å². The Bertz CT molecular complexity index is 866. The molecule has 0 bridgehead atoms. The lowest BCUT2D eigenvalue weighted by atomic mass is 10.0. The molecule has 0 aliphatic carbocycles. The van der Waals surface area contributed by atoms with Crippen LogP contribution in [0.4, 0.5) is 0 Å². The van der Waals surface area contributed by atoms with Gasteiger partial charge in [-0.25, -0.2) is 4.79 Å². The number of hydrogen-bond donors (Lipinski definition) is 0. The number of benzene rings is 1. The summed E-state index contributed by atoms with van der Waals surface area (Å²) in [6.45, 7) is 7.77. The monoisotopic (exact) mass is 509 g/mol. The molecule has 206 valence electrons. The predicted molar refractivity (Wildman–Crippen MR) is 155 cm³/mol. The topological polar surface area (TPSA) is 48.4 Å². The van der Waals surface area contributed by atoms with E-state index in [2.05, 4.69) is 25.8 Å². The number of nitrogens with zero attached hydrogens (tertiary/aromatic N) is 1. The van der Waals surface area contributed by atoms with Crippen molar-refractivity contribution in [3.8, 4) is 16.9 Å². The fraction of sp³-hybridized carbons (Fsp3) is 0.636. The van der Waals surface area contributed by atoms with E-state index in [1.165, 1.54) is 83.5 Å². The van der Waals surface area contributed by atoms with E-state index in [9.17, 15) is 4.79 Å². The summed E-state index contributed by atoms with van der Waals surface area (Å²) < 4.78 is 11.9. The minimum atomic E-state index is -0.312. The molecule has 0 radical (unpaired) electrons. The number of ether oxygens (including phenoxy) is 2. The SMILES string of the molecule is CCCCCCCCCCCCOc1ccccc1-c1ccncc1C(=O)OCC(C)CCCCCC. The average molecular weight is 510 g/mol. The van der Waals surface area contributed by atoms with E-state index in [1.807, 2.05) is 30.3 Å². The molecule has 0 amide bonds. The molecule has 1 aromatic heterocycles. The first-order chi connectivity index (χ1) is 18.2. The Morgan fingerprint density at radius 3 is 2.11 bits per heavy atom. The van der Waals surface area contributed by atoms with Gasteiger partial charge in [-0.3, -0.25) is 4.98 Å². The third-order valence-corrected chi connectivity index (χ3v) is 7.02. The molecule has 4 nitrogen and oxygen atoms in total. The van der Waals surface area contributed by atoms with Crippen molar-refractivity contribution in [1.82, 2.24) is 4.98 Å². The zero-order valence-corrected chi connectivity index (χ0v) is 23.8.